The minimum atomic E-state index is 0.101. The van der Waals surface area contributed by atoms with E-state index in [1.807, 2.05) is 0 Å². The lowest BCUT2D eigenvalue weighted by Gasteiger charge is -2.43. The predicted molar refractivity (Wildman–Crippen MR) is 50.7 cm³/mol. The van der Waals surface area contributed by atoms with Gasteiger partial charge >= 0.3 is 0 Å². The first kappa shape index (κ1) is 7.62. The van der Waals surface area contributed by atoms with Crippen LogP contribution in [0.5, 0.6) is 0 Å². The quantitative estimate of drug-likeness (QED) is 0.559. The molecule has 2 bridgehead atoms. The molecule has 1 heteroatoms. The normalized spacial score (nSPS) is 44.4. The van der Waals surface area contributed by atoms with Crippen molar-refractivity contribution in [3.05, 3.63) is 12.2 Å². The Morgan fingerprint density at radius 1 is 1.23 bits per heavy atom. The number of rotatable bonds is 1. The predicted octanol–water partition coefficient (Wildman–Crippen LogP) is 2.89. The second-order valence-electron chi connectivity index (χ2n) is 5.01. The fourth-order valence-electron chi connectivity index (χ4n) is 3.54. The third-order valence-corrected chi connectivity index (χ3v) is 4.46. The highest BCUT2D eigenvalue weighted by Crippen LogP contribution is 2.58. The van der Waals surface area contributed by atoms with Gasteiger partial charge in [0.1, 0.15) is 0 Å². The van der Waals surface area contributed by atoms with Crippen LogP contribution < -0.4 is 0 Å². The molecule has 0 aliphatic heterocycles. The molecule has 3 rings (SSSR count). The molecule has 0 heterocycles. The zero-order valence-electron chi connectivity index (χ0n) is 7.87. The molecular weight excluding hydrogens is 158 g/mol. The molecule has 0 aromatic carbocycles. The lowest BCUT2D eigenvalue weighted by Crippen LogP contribution is -2.38. The smallest absolute Gasteiger partial charge is 0.0692 e. The van der Waals surface area contributed by atoms with Crippen LogP contribution in [0.15, 0.2) is 12.2 Å². The third kappa shape index (κ3) is 0.866. The van der Waals surface area contributed by atoms with Crippen molar-refractivity contribution in [3.8, 4) is 6.07 Å². The summed E-state index contributed by atoms with van der Waals surface area (Å²) in [4.78, 5) is 0. The lowest BCUT2D eigenvalue weighted by atomic mass is 9.59. The van der Waals surface area contributed by atoms with Crippen LogP contribution in [0.2, 0.25) is 0 Å². The zero-order chi connectivity index (χ0) is 8.89. The summed E-state index contributed by atoms with van der Waals surface area (Å²) in [6.45, 7) is 0. The number of hydrogen-bond acceptors (Lipinski definition) is 1. The fourth-order valence-corrected chi connectivity index (χ4v) is 3.54. The summed E-state index contributed by atoms with van der Waals surface area (Å²) >= 11 is 0. The summed E-state index contributed by atoms with van der Waals surface area (Å²) in [5, 5.41) is 9.25. The minimum absolute atomic E-state index is 0.101. The Bertz CT molecular complexity index is 293. The van der Waals surface area contributed by atoms with Gasteiger partial charge in [0, 0.05) is 0 Å². The molecule has 0 radical (unpaired) electrons. The number of nitrogens with zero attached hydrogens (tertiary/aromatic N) is 1. The van der Waals surface area contributed by atoms with Crippen molar-refractivity contribution in [2.75, 3.05) is 0 Å². The topological polar surface area (TPSA) is 23.8 Å². The monoisotopic (exact) mass is 173 g/mol. The van der Waals surface area contributed by atoms with Crippen LogP contribution in [0.1, 0.15) is 32.1 Å². The molecule has 0 N–H and O–H groups in total. The second-order valence-corrected chi connectivity index (χ2v) is 5.01. The standard InChI is InChI=1S/C12H15N/c13-8-12(4-1-5-12)11-7-9-2-3-10(11)6-9/h2-3,9-11H,1,4-7H2. The van der Waals surface area contributed by atoms with E-state index in [2.05, 4.69) is 18.2 Å². The van der Waals surface area contributed by atoms with Crippen LogP contribution in [0.25, 0.3) is 0 Å². The van der Waals surface area contributed by atoms with Gasteiger partial charge in [0.05, 0.1) is 11.5 Å². The van der Waals surface area contributed by atoms with E-state index in [1.54, 1.807) is 0 Å². The molecule has 2 fully saturated rings. The van der Waals surface area contributed by atoms with Crippen molar-refractivity contribution in [1.82, 2.24) is 0 Å². The molecule has 0 saturated heterocycles. The van der Waals surface area contributed by atoms with Gasteiger partial charge < -0.3 is 0 Å². The molecule has 0 aromatic rings. The van der Waals surface area contributed by atoms with Gasteiger partial charge in [0.2, 0.25) is 0 Å². The zero-order valence-corrected chi connectivity index (χ0v) is 7.87. The van der Waals surface area contributed by atoms with Crippen LogP contribution in [0.4, 0.5) is 0 Å². The average molecular weight is 173 g/mol. The molecule has 3 aliphatic rings. The average Bonchev–Trinajstić information content (AvgIpc) is 2.64. The Labute approximate surface area is 79.4 Å². The Morgan fingerprint density at radius 3 is 2.46 bits per heavy atom. The maximum atomic E-state index is 9.25. The Kier molecular flexibility index (Phi) is 1.39. The summed E-state index contributed by atoms with van der Waals surface area (Å²) in [7, 11) is 0. The molecule has 13 heavy (non-hydrogen) atoms. The first-order valence-corrected chi connectivity index (χ1v) is 5.44. The SMILES string of the molecule is N#CC1(C2CC3C=CC2C3)CCC1. The first-order chi connectivity index (χ1) is 6.34. The summed E-state index contributed by atoms with van der Waals surface area (Å²) in [5.74, 6) is 2.28. The number of nitriles is 1. The second kappa shape index (κ2) is 2.38. The highest BCUT2D eigenvalue weighted by atomic mass is 14.6. The van der Waals surface area contributed by atoms with Gasteiger partial charge in [-0.15, -0.1) is 0 Å². The van der Waals surface area contributed by atoms with Gasteiger partial charge in [-0.1, -0.05) is 18.6 Å². The van der Waals surface area contributed by atoms with Gasteiger partial charge in [-0.05, 0) is 43.4 Å². The number of allylic oxidation sites excluding steroid dienone is 2. The number of hydrogen-bond donors (Lipinski definition) is 0. The van der Waals surface area contributed by atoms with Gasteiger partial charge in [-0.3, -0.25) is 0 Å². The van der Waals surface area contributed by atoms with E-state index < -0.39 is 0 Å². The Balaban J connectivity index is 1.87. The number of fused-ring (bicyclic) bond motifs is 2. The van der Waals surface area contributed by atoms with E-state index in [4.69, 9.17) is 0 Å². The Hall–Kier alpha value is -0.770. The molecule has 68 valence electrons. The van der Waals surface area contributed by atoms with Crippen LogP contribution in [0.3, 0.4) is 0 Å². The van der Waals surface area contributed by atoms with Crippen LogP contribution in [-0.2, 0) is 0 Å². The van der Waals surface area contributed by atoms with Gasteiger partial charge in [0.25, 0.3) is 0 Å². The summed E-state index contributed by atoms with van der Waals surface area (Å²) in [6.07, 6.45) is 11.0. The summed E-state index contributed by atoms with van der Waals surface area (Å²) in [5.41, 5.74) is 0.101. The first-order valence-electron chi connectivity index (χ1n) is 5.44. The molecule has 0 spiro atoms. The molecule has 0 aromatic heterocycles. The van der Waals surface area contributed by atoms with Crippen LogP contribution >= 0.6 is 0 Å². The molecule has 0 amide bonds. The fraction of sp³-hybridized carbons (Fsp3) is 0.750. The van der Waals surface area contributed by atoms with E-state index >= 15 is 0 Å². The molecule has 2 saturated carbocycles. The van der Waals surface area contributed by atoms with E-state index in [1.165, 1.54) is 32.1 Å². The van der Waals surface area contributed by atoms with Gasteiger partial charge in [-0.2, -0.15) is 5.26 Å². The van der Waals surface area contributed by atoms with E-state index in [-0.39, 0.29) is 5.41 Å². The van der Waals surface area contributed by atoms with Crippen molar-refractivity contribution in [2.24, 2.45) is 23.2 Å². The Morgan fingerprint density at radius 2 is 2.08 bits per heavy atom. The minimum Gasteiger partial charge on any atom is -0.198 e. The van der Waals surface area contributed by atoms with Crippen LogP contribution in [-0.4, -0.2) is 0 Å². The van der Waals surface area contributed by atoms with Crippen LogP contribution in [0, 0.1) is 34.5 Å². The highest BCUT2D eigenvalue weighted by Gasteiger charge is 2.51. The highest BCUT2D eigenvalue weighted by molar-refractivity contribution is 5.19. The molecule has 3 atom stereocenters. The molecular formula is C12H15N. The molecule has 3 unspecified atom stereocenters. The lowest BCUT2D eigenvalue weighted by molar-refractivity contribution is 0.0976. The van der Waals surface area contributed by atoms with Crippen molar-refractivity contribution in [3.63, 3.8) is 0 Å². The molecule has 1 nitrogen and oxygen atoms in total. The summed E-state index contributed by atoms with van der Waals surface area (Å²) in [6, 6.07) is 2.61. The maximum absolute atomic E-state index is 9.25. The van der Waals surface area contributed by atoms with E-state index in [9.17, 15) is 5.26 Å². The van der Waals surface area contributed by atoms with Crippen molar-refractivity contribution in [2.45, 2.75) is 32.1 Å². The largest absolute Gasteiger partial charge is 0.198 e. The van der Waals surface area contributed by atoms with E-state index in [0.29, 0.717) is 5.92 Å². The van der Waals surface area contributed by atoms with Gasteiger partial charge in [-0.25, -0.2) is 0 Å². The van der Waals surface area contributed by atoms with Crippen molar-refractivity contribution >= 4 is 0 Å². The van der Waals surface area contributed by atoms with Crippen molar-refractivity contribution in [1.29, 1.82) is 5.26 Å². The maximum Gasteiger partial charge on any atom is 0.0692 e. The third-order valence-electron chi connectivity index (χ3n) is 4.46. The molecule has 3 aliphatic carbocycles. The van der Waals surface area contributed by atoms with E-state index in [0.717, 1.165) is 11.8 Å². The summed E-state index contributed by atoms with van der Waals surface area (Å²) < 4.78 is 0. The van der Waals surface area contributed by atoms with Crippen molar-refractivity contribution < 1.29 is 0 Å². The van der Waals surface area contributed by atoms with Gasteiger partial charge in [0.15, 0.2) is 0 Å².